The number of fused-ring (bicyclic) bond motifs is 1. The third-order valence-corrected chi connectivity index (χ3v) is 4.11. The Balaban J connectivity index is 2.22. The molecule has 3 rings (SSSR count). The van der Waals surface area contributed by atoms with Gasteiger partial charge in [-0.1, -0.05) is 17.7 Å². The van der Waals surface area contributed by atoms with Crippen molar-refractivity contribution in [2.45, 2.75) is 6.92 Å². The summed E-state index contributed by atoms with van der Waals surface area (Å²) in [5, 5.41) is 11.0. The summed E-state index contributed by atoms with van der Waals surface area (Å²) in [6.07, 6.45) is 0. The molecule has 2 aromatic carbocycles. The number of phenols is 1. The normalized spacial score (nSPS) is 11.0. The van der Waals surface area contributed by atoms with Crippen LogP contribution in [0.4, 0.5) is 0 Å². The molecule has 4 heteroatoms. The molecule has 0 atom stereocenters. The lowest BCUT2D eigenvalue weighted by atomic mass is 10.2. The van der Waals surface area contributed by atoms with Gasteiger partial charge in [-0.05, 0) is 42.8 Å². The summed E-state index contributed by atoms with van der Waals surface area (Å²) in [5.74, 6) is 0.199. The van der Waals surface area contributed by atoms with Crippen LogP contribution >= 0.6 is 22.9 Å². The SMILES string of the molecule is Cc1ccc2nc(-c3cc(O)ccc3Cl)sc2c1. The van der Waals surface area contributed by atoms with Crippen LogP contribution < -0.4 is 0 Å². The van der Waals surface area contributed by atoms with Crippen molar-refractivity contribution in [1.29, 1.82) is 0 Å². The molecule has 90 valence electrons. The molecule has 1 aromatic heterocycles. The first kappa shape index (κ1) is 11.5. The molecule has 0 amide bonds. The minimum absolute atomic E-state index is 0.199. The van der Waals surface area contributed by atoms with Crippen molar-refractivity contribution in [2.75, 3.05) is 0 Å². The van der Waals surface area contributed by atoms with Crippen molar-refractivity contribution in [3.05, 3.63) is 47.0 Å². The lowest BCUT2D eigenvalue weighted by Gasteiger charge is -2.00. The largest absolute Gasteiger partial charge is 0.508 e. The molecule has 2 nitrogen and oxygen atoms in total. The summed E-state index contributed by atoms with van der Waals surface area (Å²) < 4.78 is 1.13. The van der Waals surface area contributed by atoms with E-state index in [0.717, 1.165) is 20.8 Å². The van der Waals surface area contributed by atoms with Gasteiger partial charge in [-0.25, -0.2) is 4.98 Å². The van der Waals surface area contributed by atoms with Gasteiger partial charge in [0.1, 0.15) is 10.8 Å². The molecule has 0 unspecified atom stereocenters. The van der Waals surface area contributed by atoms with E-state index in [1.807, 2.05) is 12.1 Å². The van der Waals surface area contributed by atoms with Crippen molar-refractivity contribution in [3.63, 3.8) is 0 Å². The molecule has 0 aliphatic heterocycles. The molecular formula is C14H10ClNOS. The molecular weight excluding hydrogens is 266 g/mol. The van der Waals surface area contributed by atoms with Crippen LogP contribution in [-0.4, -0.2) is 10.1 Å². The predicted octanol–water partition coefficient (Wildman–Crippen LogP) is 4.63. The van der Waals surface area contributed by atoms with Gasteiger partial charge >= 0.3 is 0 Å². The van der Waals surface area contributed by atoms with Gasteiger partial charge in [-0.3, -0.25) is 0 Å². The first-order valence-electron chi connectivity index (χ1n) is 5.49. The van der Waals surface area contributed by atoms with E-state index >= 15 is 0 Å². The number of rotatable bonds is 1. The highest BCUT2D eigenvalue weighted by Gasteiger charge is 2.10. The number of hydrogen-bond acceptors (Lipinski definition) is 3. The van der Waals surface area contributed by atoms with Crippen molar-refractivity contribution in [3.8, 4) is 16.3 Å². The van der Waals surface area contributed by atoms with E-state index in [-0.39, 0.29) is 5.75 Å². The van der Waals surface area contributed by atoms with E-state index in [1.165, 1.54) is 5.56 Å². The van der Waals surface area contributed by atoms with E-state index in [1.54, 1.807) is 29.5 Å². The lowest BCUT2D eigenvalue weighted by Crippen LogP contribution is -1.78. The van der Waals surface area contributed by atoms with Crippen LogP contribution in [0, 0.1) is 6.92 Å². The zero-order valence-corrected chi connectivity index (χ0v) is 11.2. The highest BCUT2D eigenvalue weighted by Crippen LogP contribution is 2.36. The summed E-state index contributed by atoms with van der Waals surface area (Å²) in [4.78, 5) is 4.55. The molecule has 0 spiro atoms. The van der Waals surface area contributed by atoms with Crippen molar-refractivity contribution in [2.24, 2.45) is 0 Å². The Morgan fingerprint density at radius 3 is 2.83 bits per heavy atom. The fraction of sp³-hybridized carbons (Fsp3) is 0.0714. The van der Waals surface area contributed by atoms with Crippen LogP contribution in [0.3, 0.4) is 0 Å². The van der Waals surface area contributed by atoms with Crippen molar-refractivity contribution in [1.82, 2.24) is 4.98 Å². The molecule has 0 saturated heterocycles. The van der Waals surface area contributed by atoms with Crippen LogP contribution in [0.2, 0.25) is 5.02 Å². The molecule has 0 fully saturated rings. The highest BCUT2D eigenvalue weighted by atomic mass is 35.5. The lowest BCUT2D eigenvalue weighted by molar-refractivity contribution is 0.475. The average Bonchev–Trinajstić information content (AvgIpc) is 2.74. The maximum absolute atomic E-state index is 9.54. The van der Waals surface area contributed by atoms with Gasteiger partial charge in [-0.15, -0.1) is 11.3 Å². The number of halogens is 1. The second-order valence-electron chi connectivity index (χ2n) is 4.15. The first-order chi connectivity index (χ1) is 8.63. The molecule has 0 bridgehead atoms. The number of aromatic hydroxyl groups is 1. The fourth-order valence-corrected chi connectivity index (χ4v) is 3.18. The second-order valence-corrected chi connectivity index (χ2v) is 5.59. The number of aromatic nitrogens is 1. The van der Waals surface area contributed by atoms with Gasteiger partial charge in [0.05, 0.1) is 15.2 Å². The van der Waals surface area contributed by atoms with E-state index in [0.29, 0.717) is 5.02 Å². The van der Waals surface area contributed by atoms with Gasteiger partial charge < -0.3 is 5.11 Å². The predicted molar refractivity (Wildman–Crippen MR) is 76.5 cm³/mol. The van der Waals surface area contributed by atoms with Crippen LogP contribution in [-0.2, 0) is 0 Å². The topological polar surface area (TPSA) is 33.1 Å². The fourth-order valence-electron chi connectivity index (χ4n) is 1.82. The van der Waals surface area contributed by atoms with E-state index < -0.39 is 0 Å². The standard InChI is InChI=1S/C14H10ClNOS/c1-8-2-5-12-13(6-8)18-14(16-12)10-7-9(17)3-4-11(10)15/h2-7,17H,1H3. The summed E-state index contributed by atoms with van der Waals surface area (Å²) in [6, 6.07) is 11.0. The Morgan fingerprint density at radius 1 is 1.17 bits per heavy atom. The number of hydrogen-bond donors (Lipinski definition) is 1. The van der Waals surface area contributed by atoms with Gasteiger partial charge in [0.15, 0.2) is 0 Å². The van der Waals surface area contributed by atoms with Gasteiger partial charge in [0.25, 0.3) is 0 Å². The number of benzene rings is 2. The minimum atomic E-state index is 0.199. The summed E-state index contributed by atoms with van der Waals surface area (Å²) in [7, 11) is 0. The average molecular weight is 276 g/mol. The van der Waals surface area contributed by atoms with E-state index in [4.69, 9.17) is 11.6 Å². The van der Waals surface area contributed by atoms with Crippen LogP contribution in [0.1, 0.15) is 5.56 Å². The zero-order chi connectivity index (χ0) is 12.7. The number of nitrogens with zero attached hydrogens (tertiary/aromatic N) is 1. The monoisotopic (exact) mass is 275 g/mol. The zero-order valence-electron chi connectivity index (χ0n) is 9.64. The first-order valence-corrected chi connectivity index (χ1v) is 6.69. The van der Waals surface area contributed by atoms with Gasteiger partial charge in [0, 0.05) is 5.56 Å². The van der Waals surface area contributed by atoms with Crippen LogP contribution in [0.25, 0.3) is 20.8 Å². The Morgan fingerprint density at radius 2 is 2.00 bits per heavy atom. The number of thiazole rings is 1. The Hall–Kier alpha value is -1.58. The molecule has 0 radical (unpaired) electrons. The molecule has 1 N–H and O–H groups in total. The molecule has 0 aliphatic rings. The molecule has 0 saturated carbocycles. The van der Waals surface area contributed by atoms with Crippen molar-refractivity contribution >= 4 is 33.2 Å². The molecule has 0 aliphatic carbocycles. The van der Waals surface area contributed by atoms with E-state index in [2.05, 4.69) is 18.0 Å². The Labute approximate surface area is 113 Å². The summed E-state index contributed by atoms with van der Waals surface area (Å²) in [6.45, 7) is 2.06. The molecule has 3 aromatic rings. The second kappa shape index (κ2) is 4.26. The molecule has 1 heterocycles. The number of phenolic OH excluding ortho intramolecular Hbond substituents is 1. The van der Waals surface area contributed by atoms with Crippen molar-refractivity contribution < 1.29 is 5.11 Å². The van der Waals surface area contributed by atoms with Gasteiger partial charge in [0.2, 0.25) is 0 Å². The highest BCUT2D eigenvalue weighted by molar-refractivity contribution is 7.21. The quantitative estimate of drug-likeness (QED) is 0.702. The molecule has 18 heavy (non-hydrogen) atoms. The Kier molecular flexibility index (Phi) is 2.73. The van der Waals surface area contributed by atoms with Crippen LogP contribution in [0.15, 0.2) is 36.4 Å². The van der Waals surface area contributed by atoms with Gasteiger partial charge in [-0.2, -0.15) is 0 Å². The minimum Gasteiger partial charge on any atom is -0.508 e. The number of aryl methyl sites for hydroxylation is 1. The summed E-state index contributed by atoms with van der Waals surface area (Å²) >= 11 is 7.73. The smallest absolute Gasteiger partial charge is 0.126 e. The summed E-state index contributed by atoms with van der Waals surface area (Å²) in [5.41, 5.74) is 2.94. The Bertz CT molecular complexity index is 736. The van der Waals surface area contributed by atoms with Crippen LogP contribution in [0.5, 0.6) is 5.75 Å². The maximum atomic E-state index is 9.54. The third-order valence-electron chi connectivity index (χ3n) is 2.72. The van der Waals surface area contributed by atoms with E-state index in [9.17, 15) is 5.11 Å². The third kappa shape index (κ3) is 1.96. The maximum Gasteiger partial charge on any atom is 0.126 e.